The first kappa shape index (κ1) is 11.0. The summed E-state index contributed by atoms with van der Waals surface area (Å²) in [5.41, 5.74) is 0.565. The van der Waals surface area contributed by atoms with E-state index in [4.69, 9.17) is 16.9 Å². The summed E-state index contributed by atoms with van der Waals surface area (Å²) in [6.07, 6.45) is 0. The molecular formula is C9H5BrClNO2. The van der Waals surface area contributed by atoms with Crippen LogP contribution in [0.2, 0.25) is 5.02 Å². The topological polar surface area (TPSA) is 50.1 Å². The van der Waals surface area contributed by atoms with E-state index in [0.29, 0.717) is 15.1 Å². The minimum absolute atomic E-state index is 0.247. The van der Waals surface area contributed by atoms with E-state index in [1.807, 2.05) is 6.07 Å². The van der Waals surface area contributed by atoms with Crippen molar-refractivity contribution in [2.24, 2.45) is 0 Å². The molecule has 0 aliphatic carbocycles. The number of carbonyl (C=O) groups is 1. The second kappa shape index (κ2) is 4.45. The predicted molar refractivity (Wildman–Crippen MR) is 55.2 cm³/mol. The van der Waals surface area contributed by atoms with Crippen molar-refractivity contribution < 1.29 is 9.53 Å². The van der Waals surface area contributed by atoms with Crippen LogP contribution in [0, 0.1) is 11.3 Å². The van der Waals surface area contributed by atoms with Crippen molar-refractivity contribution in [3.8, 4) is 6.07 Å². The number of carbonyl (C=O) groups excluding carboxylic acids is 1. The van der Waals surface area contributed by atoms with Gasteiger partial charge in [0.1, 0.15) is 0 Å². The van der Waals surface area contributed by atoms with Gasteiger partial charge in [0.05, 0.1) is 33.8 Å². The van der Waals surface area contributed by atoms with Gasteiger partial charge in [-0.05, 0) is 28.1 Å². The van der Waals surface area contributed by atoms with Crippen LogP contribution < -0.4 is 0 Å². The van der Waals surface area contributed by atoms with Gasteiger partial charge >= 0.3 is 5.97 Å². The predicted octanol–water partition coefficient (Wildman–Crippen LogP) is 2.76. The average Bonchev–Trinajstić information content (AvgIpc) is 2.20. The smallest absolute Gasteiger partial charge is 0.339 e. The minimum Gasteiger partial charge on any atom is -0.465 e. The fourth-order valence-corrected chi connectivity index (χ4v) is 1.52. The summed E-state index contributed by atoms with van der Waals surface area (Å²) in [5.74, 6) is -0.532. The quantitative estimate of drug-likeness (QED) is 0.740. The van der Waals surface area contributed by atoms with Crippen molar-refractivity contribution in [1.82, 2.24) is 0 Å². The number of esters is 1. The van der Waals surface area contributed by atoms with Gasteiger partial charge in [-0.1, -0.05) is 11.6 Å². The summed E-state index contributed by atoms with van der Waals surface area (Å²) in [4.78, 5) is 11.2. The van der Waals surface area contributed by atoms with Crippen LogP contribution in [0.1, 0.15) is 15.9 Å². The molecule has 72 valence electrons. The number of hydrogen-bond acceptors (Lipinski definition) is 3. The molecule has 0 aliphatic heterocycles. The standard InChI is InChI=1S/C9H5BrClNO2/c1-14-9(13)6-2-5(4-12)3-7(11)8(6)10/h2-3H,1H3. The van der Waals surface area contributed by atoms with Gasteiger partial charge in [-0.25, -0.2) is 4.79 Å². The molecule has 14 heavy (non-hydrogen) atoms. The summed E-state index contributed by atoms with van der Waals surface area (Å²) in [7, 11) is 1.27. The number of halogens is 2. The summed E-state index contributed by atoms with van der Waals surface area (Å²) < 4.78 is 4.97. The van der Waals surface area contributed by atoms with Crippen LogP contribution in [-0.2, 0) is 4.74 Å². The van der Waals surface area contributed by atoms with Gasteiger partial charge in [0.15, 0.2) is 0 Å². The van der Waals surface area contributed by atoms with Crippen molar-refractivity contribution in [3.63, 3.8) is 0 Å². The number of nitriles is 1. The molecule has 1 aromatic rings. The molecule has 0 atom stereocenters. The molecule has 1 rings (SSSR count). The molecule has 0 spiro atoms. The highest BCUT2D eigenvalue weighted by Gasteiger charge is 2.14. The molecule has 0 heterocycles. The first-order chi connectivity index (χ1) is 6.60. The Kier molecular flexibility index (Phi) is 3.50. The lowest BCUT2D eigenvalue weighted by Gasteiger charge is -2.04. The van der Waals surface area contributed by atoms with Gasteiger partial charge < -0.3 is 4.74 Å². The third kappa shape index (κ3) is 2.06. The number of methoxy groups -OCH3 is 1. The van der Waals surface area contributed by atoms with Gasteiger partial charge in [0.2, 0.25) is 0 Å². The molecule has 3 nitrogen and oxygen atoms in total. The fourth-order valence-electron chi connectivity index (χ4n) is 0.912. The van der Waals surface area contributed by atoms with Gasteiger partial charge in [-0.3, -0.25) is 0 Å². The number of ether oxygens (including phenoxy) is 1. The van der Waals surface area contributed by atoms with Crippen LogP contribution in [0.3, 0.4) is 0 Å². The maximum atomic E-state index is 11.2. The zero-order valence-corrected chi connectivity index (χ0v) is 9.52. The van der Waals surface area contributed by atoms with E-state index in [-0.39, 0.29) is 5.56 Å². The van der Waals surface area contributed by atoms with E-state index in [0.717, 1.165) is 0 Å². The highest BCUT2D eigenvalue weighted by Crippen LogP contribution is 2.28. The molecule has 0 fully saturated rings. The average molecular weight is 275 g/mol. The molecule has 0 saturated carbocycles. The van der Waals surface area contributed by atoms with Crippen LogP contribution in [0.5, 0.6) is 0 Å². The second-order valence-corrected chi connectivity index (χ2v) is 3.62. The van der Waals surface area contributed by atoms with Crippen LogP contribution in [-0.4, -0.2) is 13.1 Å². The van der Waals surface area contributed by atoms with E-state index in [9.17, 15) is 4.79 Å². The molecule has 0 N–H and O–H groups in total. The molecule has 0 saturated heterocycles. The molecular weight excluding hydrogens is 269 g/mol. The third-order valence-corrected chi connectivity index (χ3v) is 2.94. The molecule has 0 bridgehead atoms. The molecule has 5 heteroatoms. The van der Waals surface area contributed by atoms with E-state index in [1.54, 1.807) is 0 Å². The number of rotatable bonds is 1. The number of benzene rings is 1. The normalized spacial score (nSPS) is 9.29. The maximum absolute atomic E-state index is 11.2. The molecule has 0 aromatic heterocycles. The Bertz CT molecular complexity index is 426. The summed E-state index contributed by atoms with van der Waals surface area (Å²) in [5, 5.41) is 8.97. The summed E-state index contributed by atoms with van der Waals surface area (Å²) in [6, 6.07) is 4.79. The summed E-state index contributed by atoms with van der Waals surface area (Å²) >= 11 is 8.94. The SMILES string of the molecule is COC(=O)c1cc(C#N)cc(Cl)c1Br. The van der Waals surface area contributed by atoms with E-state index < -0.39 is 5.97 Å². The van der Waals surface area contributed by atoms with Crippen molar-refractivity contribution >= 4 is 33.5 Å². The zero-order chi connectivity index (χ0) is 10.7. The second-order valence-electron chi connectivity index (χ2n) is 2.42. The highest BCUT2D eigenvalue weighted by molar-refractivity contribution is 9.10. The van der Waals surface area contributed by atoms with Gasteiger partial charge in [-0.2, -0.15) is 5.26 Å². The van der Waals surface area contributed by atoms with Crippen molar-refractivity contribution in [1.29, 1.82) is 5.26 Å². The zero-order valence-electron chi connectivity index (χ0n) is 7.17. The Morgan fingerprint density at radius 2 is 2.29 bits per heavy atom. The largest absolute Gasteiger partial charge is 0.465 e. The molecule has 0 amide bonds. The minimum atomic E-state index is -0.532. The van der Waals surface area contributed by atoms with Crippen LogP contribution >= 0.6 is 27.5 Å². The lowest BCUT2D eigenvalue weighted by Crippen LogP contribution is -2.03. The first-order valence-corrected chi connectivity index (χ1v) is 4.74. The maximum Gasteiger partial charge on any atom is 0.339 e. The van der Waals surface area contributed by atoms with E-state index in [2.05, 4.69) is 20.7 Å². The van der Waals surface area contributed by atoms with Crippen LogP contribution in [0.4, 0.5) is 0 Å². The molecule has 0 unspecified atom stereocenters. The van der Waals surface area contributed by atoms with Crippen LogP contribution in [0.25, 0.3) is 0 Å². The van der Waals surface area contributed by atoms with E-state index >= 15 is 0 Å². The van der Waals surface area contributed by atoms with Gasteiger partial charge in [-0.15, -0.1) is 0 Å². The molecule has 0 radical (unpaired) electrons. The lowest BCUT2D eigenvalue weighted by atomic mass is 10.1. The molecule has 1 aromatic carbocycles. The highest BCUT2D eigenvalue weighted by atomic mass is 79.9. The lowest BCUT2D eigenvalue weighted by molar-refractivity contribution is 0.0599. The fraction of sp³-hybridized carbons (Fsp3) is 0.111. The third-order valence-electron chi connectivity index (χ3n) is 1.56. The Morgan fingerprint density at radius 3 is 2.79 bits per heavy atom. The van der Waals surface area contributed by atoms with Gasteiger partial charge in [0.25, 0.3) is 0 Å². The van der Waals surface area contributed by atoms with Crippen LogP contribution in [0.15, 0.2) is 16.6 Å². The number of nitrogens with zero attached hydrogens (tertiary/aromatic N) is 1. The number of hydrogen-bond donors (Lipinski definition) is 0. The van der Waals surface area contributed by atoms with Crippen molar-refractivity contribution in [3.05, 3.63) is 32.8 Å². The van der Waals surface area contributed by atoms with E-state index in [1.165, 1.54) is 19.2 Å². The Morgan fingerprint density at radius 1 is 1.64 bits per heavy atom. The van der Waals surface area contributed by atoms with Gasteiger partial charge in [0, 0.05) is 0 Å². The monoisotopic (exact) mass is 273 g/mol. The summed E-state index contributed by atoms with van der Waals surface area (Å²) in [6.45, 7) is 0. The van der Waals surface area contributed by atoms with Crippen molar-refractivity contribution in [2.45, 2.75) is 0 Å². The Balaban J connectivity index is 3.36. The Labute approximate surface area is 94.4 Å². The first-order valence-electron chi connectivity index (χ1n) is 3.57. The Hall–Kier alpha value is -1.05. The molecule has 0 aliphatic rings. The van der Waals surface area contributed by atoms with Crippen molar-refractivity contribution in [2.75, 3.05) is 7.11 Å².